The Morgan fingerprint density at radius 2 is 1.09 bits per heavy atom. The van der Waals surface area contributed by atoms with E-state index in [0.29, 0.717) is 6.61 Å². The van der Waals surface area contributed by atoms with E-state index < -0.39 is 0 Å². The van der Waals surface area contributed by atoms with Crippen LogP contribution in [0.4, 0.5) is 0 Å². The van der Waals surface area contributed by atoms with Gasteiger partial charge in [-0.2, -0.15) is 0 Å². The summed E-state index contributed by atoms with van der Waals surface area (Å²) in [7, 11) is 0. The lowest BCUT2D eigenvalue weighted by molar-refractivity contribution is 0.0264. The number of rotatable bonds is 19. The fourth-order valence-corrected chi connectivity index (χ4v) is 3.00. The van der Waals surface area contributed by atoms with Crippen LogP contribution in [-0.4, -0.2) is 24.5 Å². The van der Waals surface area contributed by atoms with Gasteiger partial charge in [0.2, 0.25) is 0 Å². The lowest BCUT2D eigenvalue weighted by atomic mass is 10.0. The average Bonchev–Trinajstić information content (AvgIpc) is 2.56. The van der Waals surface area contributed by atoms with Gasteiger partial charge in [-0.15, -0.1) is 0 Å². The molecule has 0 radical (unpaired) electrons. The van der Waals surface area contributed by atoms with Crippen LogP contribution in [0.25, 0.3) is 0 Å². The summed E-state index contributed by atoms with van der Waals surface area (Å²) in [5.41, 5.74) is 5.78. The molecular formula is C20H43NO2. The van der Waals surface area contributed by atoms with Gasteiger partial charge < -0.3 is 15.6 Å². The van der Waals surface area contributed by atoms with E-state index in [2.05, 4.69) is 6.92 Å². The highest BCUT2D eigenvalue weighted by molar-refractivity contribution is 4.52. The van der Waals surface area contributed by atoms with Gasteiger partial charge in [0, 0.05) is 0 Å². The van der Waals surface area contributed by atoms with Gasteiger partial charge in [0.05, 0.1) is 13.2 Å². The summed E-state index contributed by atoms with van der Waals surface area (Å²) in [5.74, 6) is 0. The topological polar surface area (TPSA) is 55.5 Å². The Balaban J connectivity index is 3.02. The average molecular weight is 330 g/mol. The molecule has 0 aliphatic heterocycles. The van der Waals surface area contributed by atoms with Crippen molar-refractivity contribution in [2.75, 3.05) is 13.2 Å². The minimum Gasteiger partial charge on any atom is -0.394 e. The summed E-state index contributed by atoms with van der Waals surface area (Å²) in [6.07, 6.45) is 21.5. The lowest BCUT2D eigenvalue weighted by Gasteiger charge is -2.11. The second-order valence-electron chi connectivity index (χ2n) is 6.87. The van der Waals surface area contributed by atoms with Crippen LogP contribution in [0.3, 0.4) is 0 Å². The van der Waals surface area contributed by atoms with Gasteiger partial charge in [-0.1, -0.05) is 96.8 Å². The molecular weight excluding hydrogens is 286 g/mol. The van der Waals surface area contributed by atoms with Crippen LogP contribution in [0.2, 0.25) is 0 Å². The van der Waals surface area contributed by atoms with E-state index in [9.17, 15) is 0 Å². The summed E-state index contributed by atoms with van der Waals surface area (Å²) in [6, 6.07) is 0. The molecule has 0 aromatic rings. The first-order valence-electron chi connectivity index (χ1n) is 10.3. The first-order chi connectivity index (χ1) is 11.3. The molecule has 0 aliphatic rings. The van der Waals surface area contributed by atoms with E-state index in [4.69, 9.17) is 15.6 Å². The van der Waals surface area contributed by atoms with Crippen LogP contribution in [0.15, 0.2) is 0 Å². The Bertz CT molecular complexity index is 212. The fraction of sp³-hybridized carbons (Fsp3) is 1.00. The molecule has 0 spiro atoms. The second-order valence-corrected chi connectivity index (χ2v) is 6.87. The number of aliphatic hydroxyl groups is 1. The SMILES string of the molecule is CCCCCCCCCCCCCCCCCC(N)OCCO. The second kappa shape index (κ2) is 19.9. The van der Waals surface area contributed by atoms with Crippen LogP contribution >= 0.6 is 0 Å². The first-order valence-corrected chi connectivity index (χ1v) is 10.3. The molecule has 0 aromatic heterocycles. The van der Waals surface area contributed by atoms with Crippen molar-refractivity contribution in [3.8, 4) is 0 Å². The van der Waals surface area contributed by atoms with Gasteiger partial charge >= 0.3 is 0 Å². The molecule has 3 nitrogen and oxygen atoms in total. The van der Waals surface area contributed by atoms with Crippen LogP contribution in [0.1, 0.15) is 110 Å². The zero-order valence-electron chi connectivity index (χ0n) is 15.7. The molecule has 0 amide bonds. The molecule has 0 saturated carbocycles. The van der Waals surface area contributed by atoms with Gasteiger partial charge in [-0.05, 0) is 12.8 Å². The maximum absolute atomic E-state index is 8.64. The molecule has 0 heterocycles. The summed E-state index contributed by atoms with van der Waals surface area (Å²) in [6.45, 7) is 2.70. The van der Waals surface area contributed by atoms with Crippen molar-refractivity contribution < 1.29 is 9.84 Å². The van der Waals surface area contributed by atoms with E-state index in [0.717, 1.165) is 12.8 Å². The van der Waals surface area contributed by atoms with Gasteiger partial charge in [-0.3, -0.25) is 0 Å². The van der Waals surface area contributed by atoms with E-state index >= 15 is 0 Å². The number of unbranched alkanes of at least 4 members (excludes halogenated alkanes) is 14. The highest BCUT2D eigenvalue weighted by Gasteiger charge is 2.01. The molecule has 0 aliphatic carbocycles. The number of ether oxygens (including phenoxy) is 1. The molecule has 0 fully saturated rings. The van der Waals surface area contributed by atoms with Crippen molar-refractivity contribution >= 4 is 0 Å². The predicted molar refractivity (Wildman–Crippen MR) is 101 cm³/mol. The van der Waals surface area contributed by atoms with Gasteiger partial charge in [0.15, 0.2) is 0 Å². The van der Waals surface area contributed by atoms with Crippen LogP contribution < -0.4 is 5.73 Å². The van der Waals surface area contributed by atoms with E-state index in [1.54, 1.807) is 0 Å². The Morgan fingerprint density at radius 3 is 1.48 bits per heavy atom. The third-order valence-electron chi connectivity index (χ3n) is 4.52. The van der Waals surface area contributed by atoms with Crippen LogP contribution in [-0.2, 0) is 4.74 Å². The van der Waals surface area contributed by atoms with Gasteiger partial charge in [0.1, 0.15) is 6.23 Å². The normalized spacial score (nSPS) is 12.7. The predicted octanol–water partition coefficient (Wildman–Crippen LogP) is 5.54. The minimum atomic E-state index is -0.191. The third-order valence-corrected chi connectivity index (χ3v) is 4.52. The first kappa shape index (κ1) is 22.9. The fourth-order valence-electron chi connectivity index (χ4n) is 3.00. The van der Waals surface area contributed by atoms with Crippen molar-refractivity contribution in [1.82, 2.24) is 0 Å². The molecule has 0 aromatic carbocycles. The molecule has 0 rings (SSSR count). The van der Waals surface area contributed by atoms with Crippen molar-refractivity contribution in [2.24, 2.45) is 5.73 Å². The van der Waals surface area contributed by atoms with E-state index in [1.807, 2.05) is 0 Å². The number of aliphatic hydroxyl groups excluding tert-OH is 1. The molecule has 3 heteroatoms. The van der Waals surface area contributed by atoms with Crippen molar-refractivity contribution in [2.45, 2.75) is 116 Å². The smallest absolute Gasteiger partial charge is 0.105 e. The molecule has 140 valence electrons. The number of nitrogens with two attached hydrogens (primary N) is 1. The third kappa shape index (κ3) is 19.8. The van der Waals surface area contributed by atoms with Gasteiger partial charge in [0.25, 0.3) is 0 Å². The van der Waals surface area contributed by atoms with E-state index in [1.165, 1.54) is 89.9 Å². The molecule has 3 N–H and O–H groups in total. The molecule has 1 unspecified atom stereocenters. The monoisotopic (exact) mass is 329 g/mol. The van der Waals surface area contributed by atoms with Crippen molar-refractivity contribution in [3.05, 3.63) is 0 Å². The highest BCUT2D eigenvalue weighted by Crippen LogP contribution is 2.13. The number of hydrogen-bond donors (Lipinski definition) is 2. The molecule has 1 atom stereocenters. The summed E-state index contributed by atoms with van der Waals surface area (Å²) in [4.78, 5) is 0. The van der Waals surface area contributed by atoms with E-state index in [-0.39, 0.29) is 12.8 Å². The number of hydrogen-bond acceptors (Lipinski definition) is 3. The standard InChI is InChI=1S/C20H43NO2/c1-2-3-4-5-6-7-8-9-10-11-12-13-14-15-16-17-20(21)23-19-18-22/h20,22H,2-19,21H2,1H3. The largest absolute Gasteiger partial charge is 0.394 e. The maximum atomic E-state index is 8.64. The molecule has 0 saturated heterocycles. The Labute approximate surface area is 145 Å². The van der Waals surface area contributed by atoms with Crippen LogP contribution in [0, 0.1) is 0 Å². The Kier molecular flexibility index (Phi) is 19.8. The quantitative estimate of drug-likeness (QED) is 0.241. The van der Waals surface area contributed by atoms with Crippen molar-refractivity contribution in [3.63, 3.8) is 0 Å². The zero-order valence-corrected chi connectivity index (χ0v) is 15.7. The lowest BCUT2D eigenvalue weighted by Crippen LogP contribution is -2.25. The zero-order chi connectivity index (χ0) is 17.0. The van der Waals surface area contributed by atoms with Crippen LogP contribution in [0.5, 0.6) is 0 Å². The summed E-state index contributed by atoms with van der Waals surface area (Å²) < 4.78 is 5.24. The maximum Gasteiger partial charge on any atom is 0.105 e. The minimum absolute atomic E-state index is 0.0621. The van der Waals surface area contributed by atoms with Crippen molar-refractivity contribution in [1.29, 1.82) is 0 Å². The molecule has 23 heavy (non-hydrogen) atoms. The summed E-state index contributed by atoms with van der Waals surface area (Å²) >= 11 is 0. The summed E-state index contributed by atoms with van der Waals surface area (Å²) in [5, 5.41) is 8.64. The van der Waals surface area contributed by atoms with Gasteiger partial charge in [-0.25, -0.2) is 0 Å². The highest BCUT2D eigenvalue weighted by atomic mass is 16.5. The Hall–Kier alpha value is -0.120. The molecule has 0 bridgehead atoms. The Morgan fingerprint density at radius 1 is 0.696 bits per heavy atom.